The van der Waals surface area contributed by atoms with Gasteiger partial charge in [-0.1, -0.05) is 55.4 Å². The Labute approximate surface area is 294 Å². The summed E-state index contributed by atoms with van der Waals surface area (Å²) < 4.78 is 19.5. The number of ether oxygens (including phenoxy) is 1. The number of carbonyl (C=O) groups is 1. The zero-order valence-electron chi connectivity index (χ0n) is 29.8. The minimum atomic E-state index is -0.425. The molecule has 1 amide bonds. The van der Waals surface area contributed by atoms with Crippen molar-refractivity contribution in [1.29, 1.82) is 0 Å². The molecule has 2 aromatic carbocycles. The van der Waals surface area contributed by atoms with Crippen LogP contribution in [0.1, 0.15) is 71.4 Å². The zero-order valence-corrected chi connectivity index (χ0v) is 29.8. The lowest BCUT2D eigenvalue weighted by Crippen LogP contribution is -2.24. The van der Waals surface area contributed by atoms with Gasteiger partial charge in [0.1, 0.15) is 13.1 Å². The molecule has 3 heterocycles. The fourth-order valence-electron chi connectivity index (χ4n) is 6.97. The first-order valence-electron chi connectivity index (χ1n) is 17.6. The van der Waals surface area contributed by atoms with Gasteiger partial charge in [0.15, 0.2) is 17.4 Å². The van der Waals surface area contributed by atoms with Gasteiger partial charge in [0.05, 0.1) is 12.9 Å². The van der Waals surface area contributed by atoms with Crippen LogP contribution in [0.15, 0.2) is 121 Å². The van der Waals surface area contributed by atoms with E-state index in [0.29, 0.717) is 23.5 Å². The molecule has 4 aromatic rings. The molecule has 1 aliphatic heterocycles. The van der Waals surface area contributed by atoms with E-state index >= 15 is 0 Å². The monoisotopic (exact) mass is 671 g/mol. The number of hydrogen-bond acceptors (Lipinski definition) is 5. The van der Waals surface area contributed by atoms with Crippen LogP contribution in [0, 0.1) is 5.41 Å². The van der Waals surface area contributed by atoms with E-state index in [-0.39, 0.29) is 11.3 Å². The molecule has 7 nitrogen and oxygen atoms in total. The van der Waals surface area contributed by atoms with Gasteiger partial charge in [-0.3, -0.25) is 4.79 Å². The predicted octanol–water partition coefficient (Wildman–Crippen LogP) is 9.47. The van der Waals surface area contributed by atoms with Gasteiger partial charge in [-0.05, 0) is 98.6 Å². The van der Waals surface area contributed by atoms with E-state index < -0.39 is 5.63 Å². The van der Waals surface area contributed by atoms with Gasteiger partial charge in [0, 0.05) is 47.0 Å². The Balaban J connectivity index is 1.00. The van der Waals surface area contributed by atoms with Crippen LogP contribution in [0.5, 0.6) is 5.75 Å². The highest BCUT2D eigenvalue weighted by Crippen LogP contribution is 2.41. The van der Waals surface area contributed by atoms with Crippen molar-refractivity contribution in [1.82, 2.24) is 0 Å². The number of furan rings is 1. The summed E-state index contributed by atoms with van der Waals surface area (Å²) in [5.41, 5.74) is 8.94. The molecule has 7 heteroatoms. The van der Waals surface area contributed by atoms with Gasteiger partial charge in [0.25, 0.3) is 0 Å². The minimum Gasteiger partial charge on any atom is -0.486 e. The van der Waals surface area contributed by atoms with E-state index in [1.165, 1.54) is 47.6 Å². The van der Waals surface area contributed by atoms with Crippen molar-refractivity contribution in [3.63, 3.8) is 0 Å². The van der Waals surface area contributed by atoms with E-state index in [1.54, 1.807) is 18.4 Å². The highest BCUT2D eigenvalue weighted by molar-refractivity contribution is 6.01. The Morgan fingerprint density at radius 2 is 1.86 bits per heavy atom. The van der Waals surface area contributed by atoms with Crippen molar-refractivity contribution in [2.45, 2.75) is 66.7 Å². The number of fused-ring (bicyclic) bond motifs is 3. The number of benzene rings is 2. The van der Waals surface area contributed by atoms with Crippen LogP contribution in [0.25, 0.3) is 21.9 Å². The number of carbonyl (C=O) groups excluding carboxylic acids is 1. The van der Waals surface area contributed by atoms with Gasteiger partial charge in [-0.25, -0.2) is 9.37 Å². The van der Waals surface area contributed by atoms with Crippen LogP contribution < -0.4 is 15.7 Å². The van der Waals surface area contributed by atoms with Crippen molar-refractivity contribution in [3.8, 4) is 5.75 Å². The number of rotatable bonds is 11. The minimum absolute atomic E-state index is 0.145. The zero-order chi connectivity index (χ0) is 35.3. The predicted molar refractivity (Wildman–Crippen MR) is 202 cm³/mol. The SMILES string of the molecule is CC1=C(/C=C/C(C)=C/C=C/C(C)=C/C(=O)Nc2ccc3c(c2)CC[N+](CCCOc2c4occc4cc4ccc(=O)oc24)=C3)C(C)(C)CCC1. The summed E-state index contributed by atoms with van der Waals surface area (Å²) in [6, 6.07) is 13.0. The molecule has 258 valence electrons. The summed E-state index contributed by atoms with van der Waals surface area (Å²) in [4.78, 5) is 24.7. The fourth-order valence-corrected chi connectivity index (χ4v) is 6.97. The molecule has 0 radical (unpaired) electrons. The Bertz CT molecular complexity index is 2170. The fraction of sp³-hybridized carbons (Fsp3) is 0.326. The second-order valence-electron chi connectivity index (χ2n) is 14.2. The van der Waals surface area contributed by atoms with Crippen LogP contribution in [-0.2, 0) is 11.2 Å². The maximum absolute atomic E-state index is 12.8. The first kappa shape index (κ1) is 34.7. The van der Waals surface area contributed by atoms with Gasteiger partial charge in [0.2, 0.25) is 11.7 Å². The average molecular weight is 672 g/mol. The molecule has 0 saturated carbocycles. The summed E-state index contributed by atoms with van der Waals surface area (Å²) >= 11 is 0. The lowest BCUT2D eigenvalue weighted by Gasteiger charge is -2.32. The summed E-state index contributed by atoms with van der Waals surface area (Å²) in [5.74, 6) is 0.319. The van der Waals surface area contributed by atoms with Crippen molar-refractivity contribution in [3.05, 3.63) is 129 Å². The summed E-state index contributed by atoms with van der Waals surface area (Å²) in [6.07, 6.45) is 21.3. The van der Waals surface area contributed by atoms with Crippen molar-refractivity contribution < 1.29 is 22.9 Å². The Morgan fingerprint density at radius 3 is 2.70 bits per heavy atom. The smallest absolute Gasteiger partial charge is 0.336 e. The maximum atomic E-state index is 12.8. The Hall–Kier alpha value is -5.17. The molecule has 2 aromatic heterocycles. The number of allylic oxidation sites excluding steroid dienone is 9. The van der Waals surface area contributed by atoms with Gasteiger partial charge in [-0.15, -0.1) is 0 Å². The van der Waals surface area contributed by atoms with Crippen molar-refractivity contribution in [2.24, 2.45) is 5.41 Å². The first-order chi connectivity index (χ1) is 24.1. The molecule has 0 spiro atoms. The Morgan fingerprint density at radius 1 is 1.02 bits per heavy atom. The number of nitrogens with zero attached hydrogens (tertiary/aromatic N) is 1. The molecular weight excluding hydrogens is 624 g/mol. The third-order valence-corrected chi connectivity index (χ3v) is 9.65. The van der Waals surface area contributed by atoms with Crippen LogP contribution in [0.3, 0.4) is 0 Å². The molecule has 0 bridgehead atoms. The molecule has 0 unspecified atom stereocenters. The summed E-state index contributed by atoms with van der Waals surface area (Å²) in [5, 5.41) is 4.72. The molecular formula is C43H47N2O5+. The van der Waals surface area contributed by atoms with Crippen molar-refractivity contribution >= 4 is 39.7 Å². The van der Waals surface area contributed by atoms with E-state index in [0.717, 1.165) is 53.5 Å². The highest BCUT2D eigenvalue weighted by Gasteiger charge is 2.26. The van der Waals surface area contributed by atoms with Crippen LogP contribution in [0.4, 0.5) is 5.69 Å². The van der Waals surface area contributed by atoms with Gasteiger partial charge >= 0.3 is 5.63 Å². The molecule has 50 heavy (non-hydrogen) atoms. The largest absolute Gasteiger partial charge is 0.486 e. The molecule has 6 rings (SSSR count). The summed E-state index contributed by atoms with van der Waals surface area (Å²) in [6.45, 7) is 13.1. The van der Waals surface area contributed by atoms with Crippen LogP contribution in [0.2, 0.25) is 0 Å². The molecule has 0 fully saturated rings. The number of hydrogen-bond donors (Lipinski definition) is 1. The van der Waals surface area contributed by atoms with Gasteiger partial charge in [-0.2, -0.15) is 0 Å². The quantitative estimate of drug-likeness (QED) is 0.0565. The molecule has 0 saturated heterocycles. The molecule has 0 atom stereocenters. The normalized spacial score (nSPS) is 16.8. The Kier molecular flexibility index (Phi) is 10.5. The number of anilines is 1. The lowest BCUT2D eigenvalue weighted by molar-refractivity contribution is -0.524. The second-order valence-corrected chi connectivity index (χ2v) is 14.2. The number of amides is 1. The number of nitrogens with one attached hydrogen (secondary N) is 1. The molecule has 1 N–H and O–H groups in total. The van der Waals surface area contributed by atoms with Crippen LogP contribution in [-0.4, -0.2) is 36.4 Å². The molecule has 2 aliphatic rings. The van der Waals surface area contributed by atoms with E-state index in [4.69, 9.17) is 13.6 Å². The van der Waals surface area contributed by atoms with E-state index in [1.807, 2.05) is 37.3 Å². The topological polar surface area (TPSA) is 84.7 Å². The first-order valence-corrected chi connectivity index (χ1v) is 17.6. The maximum Gasteiger partial charge on any atom is 0.336 e. The summed E-state index contributed by atoms with van der Waals surface area (Å²) in [7, 11) is 0. The van der Waals surface area contributed by atoms with Crippen molar-refractivity contribution in [2.75, 3.05) is 25.0 Å². The van der Waals surface area contributed by atoms with E-state index in [2.05, 4.69) is 74.2 Å². The van der Waals surface area contributed by atoms with Gasteiger partial charge < -0.3 is 18.9 Å². The lowest BCUT2D eigenvalue weighted by atomic mass is 9.72. The van der Waals surface area contributed by atoms with E-state index in [9.17, 15) is 9.59 Å². The highest BCUT2D eigenvalue weighted by atomic mass is 16.5. The standard InChI is InChI=1S/C43H46N2O5/c1-29(12-16-37-31(3)11-7-20-43(37,4)5)9-6-10-30(2)25-38(46)44-36-15-13-35-28-45(22-18-32(35)27-36)21-8-23-48-42-40-34(19-24-49-40)26-33-14-17-39(47)50-41(33)42/h6,9-10,12-17,19,24-28H,7-8,11,18,20-23H2,1-5H3/p+1/b10-6+,16-12+,29-9+,30-25+. The third-order valence-electron chi connectivity index (χ3n) is 9.65. The third kappa shape index (κ3) is 8.33. The second kappa shape index (κ2) is 15.2. The van der Waals surface area contributed by atoms with Crippen LogP contribution >= 0.6 is 0 Å². The molecule has 1 aliphatic carbocycles. The average Bonchev–Trinajstić information content (AvgIpc) is 3.54.